The molecule has 0 fully saturated rings. The second-order valence-electron chi connectivity index (χ2n) is 5.46. The van der Waals surface area contributed by atoms with Crippen LogP contribution in [0.2, 0.25) is 0 Å². The van der Waals surface area contributed by atoms with E-state index in [0.29, 0.717) is 0 Å². The van der Waals surface area contributed by atoms with Crippen molar-refractivity contribution < 1.29 is 6.15 Å². The Hall–Kier alpha value is 0.249. The fourth-order valence-corrected chi connectivity index (χ4v) is 17.3. The molecule has 0 aliphatic rings. The Kier molecular flexibility index (Phi) is 10.1. The summed E-state index contributed by atoms with van der Waals surface area (Å²) in [5, 5.41) is 0. The molecule has 0 saturated heterocycles. The molecule has 0 bridgehead atoms. The second-order valence-corrected chi connectivity index (χ2v) is 16.7. The molecule has 1 aromatic rings. The van der Waals surface area contributed by atoms with Crippen molar-refractivity contribution >= 4 is 34.5 Å². The maximum atomic E-state index is 6.47. The minimum atomic E-state index is -3.36. The first kappa shape index (κ1) is 20.3. The van der Waals surface area contributed by atoms with E-state index in [1.54, 1.807) is 0 Å². The van der Waals surface area contributed by atoms with Gasteiger partial charge in [-0.2, -0.15) is 0 Å². The summed E-state index contributed by atoms with van der Waals surface area (Å²) in [6, 6.07) is 8.48. The van der Waals surface area contributed by atoms with Gasteiger partial charge in [-0.1, -0.05) is 0 Å². The van der Waals surface area contributed by atoms with Crippen LogP contribution in [0.4, 0.5) is 0 Å². The third kappa shape index (κ3) is 5.71. The Labute approximate surface area is 145 Å². The van der Waals surface area contributed by atoms with Crippen molar-refractivity contribution in [2.75, 3.05) is 22.7 Å². The molecule has 0 aliphatic heterocycles. The Morgan fingerprint density at radius 2 is 1.68 bits per heavy atom. The van der Waals surface area contributed by atoms with E-state index in [2.05, 4.69) is 45.0 Å². The second kappa shape index (κ2) is 10.9. The molecule has 1 unspecified atom stereocenters. The van der Waals surface area contributed by atoms with Gasteiger partial charge in [0.25, 0.3) is 0 Å². The fourth-order valence-electron chi connectivity index (χ4n) is 2.37. The molecule has 3 nitrogen and oxygen atoms in total. The average molecular weight is 432 g/mol. The van der Waals surface area contributed by atoms with Gasteiger partial charge >= 0.3 is 146 Å². The van der Waals surface area contributed by atoms with E-state index in [4.69, 9.17) is 11.9 Å². The summed E-state index contributed by atoms with van der Waals surface area (Å²) in [6.45, 7) is 10.1. The van der Waals surface area contributed by atoms with Crippen molar-refractivity contribution in [3.05, 3.63) is 29.8 Å². The molecular formula is C17H31NO2SSn. The third-order valence-electron chi connectivity index (χ3n) is 3.44. The maximum absolute atomic E-state index is 6.47. The van der Waals surface area contributed by atoms with Gasteiger partial charge in [-0.15, -0.1) is 0 Å². The summed E-state index contributed by atoms with van der Waals surface area (Å²) in [7, 11) is 0. The molecule has 0 amide bonds. The van der Waals surface area contributed by atoms with Crippen LogP contribution in [0.1, 0.15) is 52.1 Å². The van der Waals surface area contributed by atoms with Crippen LogP contribution < -0.4 is 9.31 Å². The fraction of sp³-hybridized carbons (Fsp3) is 0.647. The van der Waals surface area contributed by atoms with Crippen molar-refractivity contribution in [2.24, 2.45) is 5.73 Å². The minimum absolute atomic E-state index is 0.00866. The summed E-state index contributed by atoms with van der Waals surface area (Å²) in [5.41, 5.74) is 7.41. The SMILES string of the molecule is CCC[O][Sn]([CH2]SCC)([O]CCC)[c]1ccccc1C(C)N. The van der Waals surface area contributed by atoms with Gasteiger partial charge in [0.2, 0.25) is 0 Å². The van der Waals surface area contributed by atoms with Gasteiger partial charge in [0.1, 0.15) is 0 Å². The van der Waals surface area contributed by atoms with Crippen LogP contribution in [-0.4, -0.2) is 41.9 Å². The molecule has 0 heterocycles. The molecule has 0 radical (unpaired) electrons. The quantitative estimate of drug-likeness (QED) is 0.544. The standard InChI is InChI=1S/C8H10N.2C3H7O.C3H7S.Sn/c1-7(9)8-5-3-2-4-6-8;2*1-2-3-4;1-3-4-2;/h2-5,7H,9H2,1H3;3*2-3H2,1H3;/q;2*-1;;+2. The zero-order valence-corrected chi connectivity index (χ0v) is 18.1. The molecule has 22 heavy (non-hydrogen) atoms. The van der Waals surface area contributed by atoms with Crippen molar-refractivity contribution in [3.63, 3.8) is 0 Å². The molecule has 0 aromatic heterocycles. The Bertz CT molecular complexity index is 407. The van der Waals surface area contributed by atoms with Crippen molar-refractivity contribution in [3.8, 4) is 0 Å². The first-order chi connectivity index (χ1) is 10.6. The molecule has 1 aromatic carbocycles. The van der Waals surface area contributed by atoms with Crippen LogP contribution in [0.25, 0.3) is 0 Å². The molecule has 0 spiro atoms. The Morgan fingerprint density at radius 3 is 2.18 bits per heavy atom. The van der Waals surface area contributed by atoms with Crippen LogP contribution in [0.5, 0.6) is 0 Å². The number of benzene rings is 1. The van der Waals surface area contributed by atoms with Crippen LogP contribution >= 0.6 is 11.8 Å². The van der Waals surface area contributed by atoms with E-state index >= 15 is 0 Å². The molecule has 0 aliphatic carbocycles. The third-order valence-corrected chi connectivity index (χ3v) is 16.9. The summed E-state index contributed by atoms with van der Waals surface area (Å²) >= 11 is -1.43. The van der Waals surface area contributed by atoms with Crippen molar-refractivity contribution in [1.29, 1.82) is 0 Å². The van der Waals surface area contributed by atoms with Gasteiger partial charge in [-0.3, -0.25) is 0 Å². The van der Waals surface area contributed by atoms with Crippen LogP contribution in [0.15, 0.2) is 24.3 Å². The molecule has 5 heteroatoms. The predicted molar refractivity (Wildman–Crippen MR) is 99.9 cm³/mol. The summed E-state index contributed by atoms with van der Waals surface area (Å²) < 4.78 is 15.2. The number of nitrogens with two attached hydrogens (primary N) is 1. The van der Waals surface area contributed by atoms with E-state index in [1.165, 1.54) is 9.14 Å². The van der Waals surface area contributed by atoms with Crippen molar-refractivity contribution in [1.82, 2.24) is 0 Å². The normalized spacial score (nSPS) is 13.3. The van der Waals surface area contributed by atoms with Gasteiger partial charge in [0.05, 0.1) is 0 Å². The average Bonchev–Trinajstić information content (AvgIpc) is 2.54. The van der Waals surface area contributed by atoms with Gasteiger partial charge in [0.15, 0.2) is 0 Å². The Morgan fingerprint density at radius 1 is 1.09 bits per heavy atom. The molecule has 2 N–H and O–H groups in total. The first-order valence-electron chi connectivity index (χ1n) is 8.31. The number of rotatable bonds is 11. The summed E-state index contributed by atoms with van der Waals surface area (Å²) in [4.78, 5) is 0. The molecular weight excluding hydrogens is 401 g/mol. The van der Waals surface area contributed by atoms with Gasteiger partial charge < -0.3 is 0 Å². The molecule has 126 valence electrons. The molecule has 0 saturated carbocycles. The van der Waals surface area contributed by atoms with Crippen LogP contribution in [0, 0.1) is 0 Å². The van der Waals surface area contributed by atoms with Crippen LogP contribution in [-0.2, 0) is 6.15 Å². The zero-order valence-electron chi connectivity index (χ0n) is 14.4. The Balaban J connectivity index is 3.25. The van der Waals surface area contributed by atoms with Crippen molar-refractivity contribution in [2.45, 2.75) is 46.6 Å². The number of thioether (sulfide) groups is 1. The summed E-state index contributed by atoms with van der Waals surface area (Å²) in [5.74, 6) is 1.09. The first-order valence-corrected chi connectivity index (χ1v) is 15.2. The van der Waals surface area contributed by atoms with Gasteiger partial charge in [0, 0.05) is 0 Å². The number of hydrogen-bond donors (Lipinski definition) is 1. The molecule has 1 atom stereocenters. The van der Waals surface area contributed by atoms with E-state index in [-0.39, 0.29) is 6.04 Å². The van der Waals surface area contributed by atoms with Gasteiger partial charge in [-0.25, -0.2) is 0 Å². The van der Waals surface area contributed by atoms with E-state index < -0.39 is 19.2 Å². The summed E-state index contributed by atoms with van der Waals surface area (Å²) in [6.07, 6.45) is 2.04. The van der Waals surface area contributed by atoms with E-state index in [1.807, 2.05) is 18.7 Å². The van der Waals surface area contributed by atoms with Gasteiger partial charge in [-0.05, 0) is 0 Å². The predicted octanol–water partition coefficient (Wildman–Crippen LogP) is 3.50. The van der Waals surface area contributed by atoms with Crippen LogP contribution in [0.3, 0.4) is 0 Å². The van der Waals surface area contributed by atoms with E-state index in [9.17, 15) is 0 Å². The zero-order chi connectivity index (χ0) is 16.4. The number of hydrogen-bond acceptors (Lipinski definition) is 4. The van der Waals surface area contributed by atoms with E-state index in [0.717, 1.165) is 35.6 Å². The topological polar surface area (TPSA) is 44.5 Å². The monoisotopic (exact) mass is 433 g/mol. The molecule has 1 rings (SSSR count).